The number of hydrogen-bond acceptors (Lipinski definition) is 2. The smallest absolute Gasteiger partial charge is 0.250 e. The fourth-order valence-corrected chi connectivity index (χ4v) is 17.8. The van der Waals surface area contributed by atoms with Crippen molar-refractivity contribution in [3.05, 3.63) is 47.8 Å². The third-order valence-corrected chi connectivity index (χ3v) is 20.2. The lowest BCUT2D eigenvalue weighted by molar-refractivity contribution is 0.481. The van der Waals surface area contributed by atoms with Crippen molar-refractivity contribution in [2.24, 2.45) is 0 Å². The van der Waals surface area contributed by atoms with Gasteiger partial charge < -0.3 is 0 Å². The summed E-state index contributed by atoms with van der Waals surface area (Å²) in [5, 5.41) is 2.48. The van der Waals surface area contributed by atoms with E-state index < -0.39 is 7.14 Å². The van der Waals surface area contributed by atoms with Crippen LogP contribution in [-0.2, 0) is 12.3 Å². The second kappa shape index (κ2) is 14.2. The van der Waals surface area contributed by atoms with E-state index in [1.165, 1.54) is 157 Å². The summed E-state index contributed by atoms with van der Waals surface area (Å²) in [6.07, 6.45) is 30.6. The largest absolute Gasteiger partial charge is 0.366 e. The van der Waals surface area contributed by atoms with Crippen LogP contribution in [-0.4, -0.2) is 40.2 Å². The van der Waals surface area contributed by atoms with Crippen molar-refractivity contribution >= 4 is 44.4 Å². The van der Waals surface area contributed by atoms with Gasteiger partial charge in [-0.05, 0) is 108 Å². The lowest BCUT2D eigenvalue weighted by Crippen LogP contribution is -2.29. The van der Waals surface area contributed by atoms with Crippen molar-refractivity contribution in [1.82, 2.24) is 9.97 Å². The molecular formula is C38H54BN2P2+. The topological polar surface area (TPSA) is 25.8 Å². The predicted octanol–water partition coefficient (Wildman–Crippen LogP) is 11.7. The average Bonchev–Trinajstić information content (AvgIpc) is 3.08. The van der Waals surface area contributed by atoms with Crippen molar-refractivity contribution in [2.45, 2.75) is 163 Å². The van der Waals surface area contributed by atoms with Gasteiger partial charge >= 0.3 is 7.57 Å². The number of fused-ring (bicyclic) bond motifs is 3. The van der Waals surface area contributed by atoms with Gasteiger partial charge in [-0.15, -0.1) is 0 Å². The molecule has 2 nitrogen and oxygen atoms in total. The Morgan fingerprint density at radius 1 is 0.535 bits per heavy atom. The molecule has 228 valence electrons. The second-order valence-electron chi connectivity index (χ2n) is 14.8. The maximum Gasteiger partial charge on any atom is 0.366 e. The van der Waals surface area contributed by atoms with Gasteiger partial charge in [-0.25, -0.2) is 4.98 Å². The number of pyridine rings is 2. The summed E-state index contributed by atoms with van der Waals surface area (Å²) in [5.41, 5.74) is 8.25. The van der Waals surface area contributed by atoms with E-state index in [1.807, 2.05) is 0 Å². The van der Waals surface area contributed by atoms with E-state index in [0.717, 1.165) is 39.8 Å². The monoisotopic (exact) mass is 611 g/mol. The van der Waals surface area contributed by atoms with Gasteiger partial charge in [0.1, 0.15) is 0 Å². The first-order chi connectivity index (χ1) is 21.2. The number of rotatable bonds is 8. The van der Waals surface area contributed by atoms with Crippen LogP contribution in [0.5, 0.6) is 0 Å². The molecular weight excluding hydrogens is 557 g/mol. The van der Waals surface area contributed by atoms with Gasteiger partial charge in [0.15, 0.2) is 0 Å². The van der Waals surface area contributed by atoms with Gasteiger partial charge in [0.2, 0.25) is 0 Å². The van der Waals surface area contributed by atoms with Crippen LogP contribution in [0.3, 0.4) is 0 Å². The molecule has 1 aromatic carbocycles. The number of hydrogen-bond donors (Lipinski definition) is 0. The molecule has 0 N–H and O–H groups in total. The Bertz CT molecular complexity index is 1320. The summed E-state index contributed by atoms with van der Waals surface area (Å²) in [7, 11) is 6.09. The van der Waals surface area contributed by atoms with Crippen LogP contribution < -0.4 is 0 Å². The van der Waals surface area contributed by atoms with Crippen LogP contribution in [0.4, 0.5) is 0 Å². The molecule has 43 heavy (non-hydrogen) atoms. The molecule has 4 aliphatic carbocycles. The van der Waals surface area contributed by atoms with Gasteiger partial charge in [0, 0.05) is 22.6 Å². The number of benzene rings is 1. The Kier molecular flexibility index (Phi) is 10.1. The van der Waals surface area contributed by atoms with Crippen LogP contribution >= 0.6 is 15.1 Å². The molecule has 0 amide bonds. The molecule has 4 fully saturated rings. The fraction of sp³-hybridized carbons (Fsp3) is 0.684. The minimum atomic E-state index is -1.62. The third kappa shape index (κ3) is 6.90. The molecule has 4 aliphatic rings. The van der Waals surface area contributed by atoms with E-state index >= 15 is 0 Å². The normalized spacial score (nSPS) is 22.5. The quantitative estimate of drug-likeness (QED) is 0.144. The third-order valence-electron chi connectivity index (χ3n) is 12.0. The molecule has 7 rings (SSSR count). The molecule has 2 aromatic heterocycles. The molecule has 0 aliphatic heterocycles. The zero-order valence-electron chi connectivity index (χ0n) is 26.7. The van der Waals surface area contributed by atoms with Crippen molar-refractivity contribution in [3.8, 4) is 0 Å². The average molecular weight is 612 g/mol. The van der Waals surface area contributed by atoms with E-state index in [1.54, 1.807) is 0 Å². The van der Waals surface area contributed by atoms with Crippen LogP contribution in [0.15, 0.2) is 36.4 Å². The summed E-state index contributed by atoms with van der Waals surface area (Å²) < 4.78 is 0. The highest BCUT2D eigenvalue weighted by Gasteiger charge is 2.48. The summed E-state index contributed by atoms with van der Waals surface area (Å²) in [6.45, 7) is 0. The summed E-state index contributed by atoms with van der Waals surface area (Å²) in [6, 6.07) is 13.9. The van der Waals surface area contributed by atoms with Crippen molar-refractivity contribution in [3.63, 3.8) is 0 Å². The SMILES string of the molecule is [B][P+](Cc1ccc2ccc3ccc(CP(C4CCCCC4)C4CCCCC4)nc3c2n1)(C1CCCCC1)C1CCCCC1. The maximum atomic E-state index is 7.71. The van der Waals surface area contributed by atoms with Crippen molar-refractivity contribution < 1.29 is 0 Å². The molecule has 5 heteroatoms. The standard InChI is InChI=1S/C38H54BN2P2/c39-43(35-17-9-3-10-18-35,36-19-11-4-12-20-36)28-32-26-24-30-22-21-29-23-25-31(40-37(29)38(30)41-32)27-42(33-13-5-1-6-14-33)34-15-7-2-8-16-34/h21-26,33-36H,1-20,27-28H2/q+1. The Morgan fingerprint density at radius 3 is 1.42 bits per heavy atom. The van der Waals surface area contributed by atoms with Crippen molar-refractivity contribution in [2.75, 3.05) is 0 Å². The van der Waals surface area contributed by atoms with Crippen LogP contribution in [0.25, 0.3) is 21.8 Å². The van der Waals surface area contributed by atoms with Crippen LogP contribution in [0.2, 0.25) is 0 Å². The Labute approximate surface area is 264 Å². The summed E-state index contributed by atoms with van der Waals surface area (Å²) >= 11 is 0. The summed E-state index contributed by atoms with van der Waals surface area (Å²) in [4.78, 5) is 11.0. The van der Waals surface area contributed by atoms with Crippen molar-refractivity contribution in [1.29, 1.82) is 0 Å². The number of nitrogens with zero attached hydrogens (tertiary/aromatic N) is 2. The van der Waals surface area contributed by atoms with Crippen LogP contribution in [0.1, 0.15) is 140 Å². The van der Waals surface area contributed by atoms with E-state index in [-0.39, 0.29) is 7.92 Å². The molecule has 0 spiro atoms. The van der Waals surface area contributed by atoms with Gasteiger partial charge in [0.05, 0.1) is 34.2 Å². The van der Waals surface area contributed by atoms with Gasteiger partial charge in [-0.3, -0.25) is 4.98 Å². The molecule has 4 saturated carbocycles. The Morgan fingerprint density at radius 2 is 0.930 bits per heavy atom. The molecule has 2 radical (unpaired) electrons. The Hall–Kier alpha value is -1.04. The number of aromatic nitrogens is 2. The van der Waals surface area contributed by atoms with E-state index in [2.05, 4.69) is 36.4 Å². The highest BCUT2D eigenvalue weighted by molar-refractivity contribution is 7.97. The highest BCUT2D eigenvalue weighted by Crippen LogP contribution is 2.70. The first kappa shape index (κ1) is 30.6. The predicted molar refractivity (Wildman–Crippen MR) is 192 cm³/mol. The fourth-order valence-electron chi connectivity index (χ4n) is 9.55. The van der Waals surface area contributed by atoms with E-state index in [9.17, 15) is 0 Å². The molecule has 0 atom stereocenters. The zero-order valence-corrected chi connectivity index (χ0v) is 28.5. The lowest BCUT2D eigenvalue weighted by atomic mass is 9.99. The maximum absolute atomic E-state index is 7.71. The Balaban J connectivity index is 1.20. The van der Waals surface area contributed by atoms with E-state index in [4.69, 9.17) is 17.5 Å². The first-order valence-electron chi connectivity index (χ1n) is 18.3. The lowest BCUT2D eigenvalue weighted by Gasteiger charge is -2.41. The molecule has 0 unspecified atom stereocenters. The zero-order chi connectivity index (χ0) is 29.1. The minimum absolute atomic E-state index is 0.00686. The van der Waals surface area contributed by atoms with Gasteiger partial charge in [-0.1, -0.05) is 83.6 Å². The van der Waals surface area contributed by atoms with Gasteiger partial charge in [-0.2, -0.15) is 0 Å². The highest BCUT2D eigenvalue weighted by atomic mass is 31.2. The molecule has 0 bridgehead atoms. The van der Waals surface area contributed by atoms with Gasteiger partial charge in [0.25, 0.3) is 0 Å². The minimum Gasteiger partial charge on any atom is -0.250 e. The molecule has 2 heterocycles. The molecule has 3 aromatic rings. The second-order valence-corrected chi connectivity index (χ2v) is 21.4. The van der Waals surface area contributed by atoms with Crippen LogP contribution in [0, 0.1) is 0 Å². The van der Waals surface area contributed by atoms with E-state index in [0.29, 0.717) is 0 Å². The first-order valence-corrected chi connectivity index (χ1v) is 22.1. The summed E-state index contributed by atoms with van der Waals surface area (Å²) in [5.74, 6) is 0. The molecule has 0 saturated heterocycles.